The maximum Gasteiger partial charge on any atom is 0.296 e. The van der Waals surface area contributed by atoms with Crippen LogP contribution in [0.5, 0.6) is 0 Å². The number of aliphatic hydroxyl groups excluding tert-OH is 1. The summed E-state index contributed by atoms with van der Waals surface area (Å²) in [5.74, 6) is 0. The first-order chi connectivity index (χ1) is 31.3. The summed E-state index contributed by atoms with van der Waals surface area (Å²) in [7, 11) is 0. The Labute approximate surface area is 412 Å². The van der Waals surface area contributed by atoms with E-state index in [-0.39, 0.29) is 44.6 Å². The van der Waals surface area contributed by atoms with E-state index in [9.17, 15) is 5.11 Å². The quantitative estimate of drug-likeness (QED) is 0.182. The lowest BCUT2D eigenvalue weighted by Gasteiger charge is -2.50. The largest absolute Gasteiger partial charge is 0.519 e. The number of anilines is 5. The fraction of sp³-hybridized carbons (Fsp3) is 0.469. The summed E-state index contributed by atoms with van der Waals surface area (Å²) in [4.78, 5) is 5.07. The zero-order valence-electron chi connectivity index (χ0n) is 45.4. The number of nitrogens with zero attached hydrogens (tertiary/aromatic N) is 2. The van der Waals surface area contributed by atoms with Gasteiger partial charge in [-0.2, -0.15) is 0 Å². The van der Waals surface area contributed by atoms with Crippen LogP contribution in [0.3, 0.4) is 0 Å². The van der Waals surface area contributed by atoms with Crippen LogP contribution in [0, 0.1) is 17.8 Å². The van der Waals surface area contributed by atoms with Gasteiger partial charge in [0.25, 0.3) is 6.71 Å². The molecule has 4 heteroatoms. The summed E-state index contributed by atoms with van der Waals surface area (Å²) in [6, 6.07) is 35.7. The Morgan fingerprint density at radius 1 is 0.485 bits per heavy atom. The average molecular weight is 905 g/mol. The molecule has 0 fully saturated rings. The van der Waals surface area contributed by atoms with Crippen LogP contribution in [-0.2, 0) is 27.1 Å². The van der Waals surface area contributed by atoms with Crippen LogP contribution in [0.2, 0.25) is 0 Å². The molecular formula is C64H81BN2O. The molecule has 0 saturated heterocycles. The Bertz CT molecular complexity index is 2910. The van der Waals surface area contributed by atoms with E-state index in [1.807, 2.05) is 0 Å². The third kappa shape index (κ3) is 7.79. The zero-order valence-corrected chi connectivity index (χ0v) is 45.4. The van der Waals surface area contributed by atoms with Crippen molar-refractivity contribution >= 4 is 46.1 Å². The normalized spacial score (nSPS) is 19.5. The number of allylic oxidation sites excluding steroid dienone is 2. The lowest BCUT2D eigenvalue weighted by molar-refractivity contribution is 0.263. The van der Waals surface area contributed by atoms with Gasteiger partial charge in [-0.15, -0.1) is 0 Å². The molecule has 68 heavy (non-hydrogen) atoms. The highest BCUT2D eigenvalue weighted by Crippen LogP contribution is 2.57. The molecule has 2 heterocycles. The topological polar surface area (TPSA) is 26.7 Å². The van der Waals surface area contributed by atoms with Crippen molar-refractivity contribution in [1.29, 1.82) is 0 Å². The summed E-state index contributed by atoms with van der Waals surface area (Å²) in [5.41, 5.74) is 22.1. The van der Waals surface area contributed by atoms with Gasteiger partial charge < -0.3 is 14.9 Å². The summed E-state index contributed by atoms with van der Waals surface area (Å²) >= 11 is 0. The molecule has 2 aliphatic heterocycles. The molecule has 5 aromatic carbocycles. The summed E-state index contributed by atoms with van der Waals surface area (Å²) in [5, 5.41) is 14.1. The van der Waals surface area contributed by atoms with Crippen LogP contribution >= 0.6 is 0 Å². The van der Waals surface area contributed by atoms with E-state index in [0.29, 0.717) is 5.66 Å². The Morgan fingerprint density at radius 3 is 1.50 bits per heavy atom. The van der Waals surface area contributed by atoms with Crippen molar-refractivity contribution in [2.45, 2.75) is 184 Å². The van der Waals surface area contributed by atoms with E-state index >= 15 is 0 Å². The molecule has 0 radical (unpaired) electrons. The van der Waals surface area contributed by atoms with Gasteiger partial charge in [0.15, 0.2) is 0 Å². The maximum atomic E-state index is 14.1. The fourth-order valence-corrected chi connectivity index (χ4v) is 12.1. The van der Waals surface area contributed by atoms with E-state index in [2.05, 4.69) is 232 Å². The highest BCUT2D eigenvalue weighted by Gasteiger charge is 2.51. The fourth-order valence-electron chi connectivity index (χ4n) is 12.1. The number of aryl methyl sites for hydroxylation is 1. The molecule has 0 aromatic heterocycles. The Kier molecular flexibility index (Phi) is 11.0. The van der Waals surface area contributed by atoms with Gasteiger partial charge in [0.05, 0.1) is 17.0 Å². The van der Waals surface area contributed by atoms with Crippen molar-refractivity contribution in [3.8, 4) is 11.1 Å². The molecule has 0 spiro atoms. The number of hydrogen-bond donors (Lipinski definition) is 1. The Balaban J connectivity index is 1.44. The second kappa shape index (κ2) is 15.5. The average Bonchev–Trinajstić information content (AvgIpc) is 3.24. The van der Waals surface area contributed by atoms with Gasteiger partial charge in [-0.25, -0.2) is 0 Å². The lowest BCUT2D eigenvalue weighted by atomic mass is 9.34. The third-order valence-corrected chi connectivity index (χ3v) is 17.2. The Hall–Kier alpha value is -4.96. The smallest absolute Gasteiger partial charge is 0.296 e. The van der Waals surface area contributed by atoms with Crippen LogP contribution in [0.25, 0.3) is 11.1 Å². The minimum absolute atomic E-state index is 0.00638. The van der Waals surface area contributed by atoms with Crippen LogP contribution < -0.4 is 20.7 Å². The standard InChI is InChI=1S/C64H81BN2O/c1-39-34-52-55-53(35-39)67(50-29-26-44(60(9,10)11)36-46(50)41-20-22-42(23-21-41)58(3,4)5)56(54-40(2)61(12,13)30-33-64(54,18)19)57(68)65(55)49-37-47-48(63(16,17)32-31-62(47,14)15)38-51(49)66(52)45-27-24-43(25-28-45)59(6,7)8/h20-29,34-38,68H,30-33H2,1-19H3. The first-order valence-electron chi connectivity index (χ1n) is 25.8. The number of fused-ring (bicyclic) bond motifs is 3. The zero-order chi connectivity index (χ0) is 49.6. The number of hydrogen-bond acceptors (Lipinski definition) is 3. The third-order valence-electron chi connectivity index (χ3n) is 17.2. The van der Waals surface area contributed by atoms with Crippen molar-refractivity contribution in [1.82, 2.24) is 0 Å². The van der Waals surface area contributed by atoms with Crippen molar-refractivity contribution in [2.75, 3.05) is 9.80 Å². The van der Waals surface area contributed by atoms with Gasteiger partial charge >= 0.3 is 0 Å². The predicted molar refractivity (Wildman–Crippen MR) is 295 cm³/mol. The van der Waals surface area contributed by atoms with Crippen LogP contribution in [-0.4, -0.2) is 11.8 Å². The maximum absolute atomic E-state index is 14.1. The molecular weight excluding hydrogens is 824 g/mol. The van der Waals surface area contributed by atoms with Gasteiger partial charge in [-0.05, 0) is 175 Å². The molecule has 5 aromatic rings. The van der Waals surface area contributed by atoms with E-state index in [1.54, 1.807) is 0 Å². The van der Waals surface area contributed by atoms with Crippen molar-refractivity contribution in [2.24, 2.45) is 10.8 Å². The van der Waals surface area contributed by atoms with Crippen molar-refractivity contribution in [3.05, 3.63) is 147 Å². The molecule has 0 atom stereocenters. The highest BCUT2D eigenvalue weighted by molar-refractivity contribution is 6.94. The first-order valence-corrected chi connectivity index (χ1v) is 25.8. The van der Waals surface area contributed by atoms with Gasteiger partial charge in [0.1, 0.15) is 0 Å². The molecule has 0 saturated carbocycles. The molecule has 3 nitrogen and oxygen atoms in total. The monoisotopic (exact) mass is 905 g/mol. The van der Waals surface area contributed by atoms with E-state index in [4.69, 9.17) is 0 Å². The van der Waals surface area contributed by atoms with Gasteiger partial charge in [-0.1, -0.05) is 172 Å². The molecule has 0 amide bonds. The number of rotatable bonds is 4. The van der Waals surface area contributed by atoms with Crippen LogP contribution in [0.1, 0.15) is 184 Å². The van der Waals surface area contributed by atoms with E-state index in [0.717, 1.165) is 59.6 Å². The predicted octanol–water partition coefficient (Wildman–Crippen LogP) is 16.9. The van der Waals surface area contributed by atoms with Gasteiger partial charge in [0, 0.05) is 28.3 Å². The molecule has 4 aliphatic rings. The highest BCUT2D eigenvalue weighted by atomic mass is 16.3. The molecule has 0 bridgehead atoms. The molecule has 2 aliphatic carbocycles. The number of aliphatic hydroxyl groups is 1. The Morgan fingerprint density at radius 2 is 0.956 bits per heavy atom. The molecule has 0 unspecified atom stereocenters. The van der Waals surface area contributed by atoms with Gasteiger partial charge in [-0.3, -0.25) is 0 Å². The van der Waals surface area contributed by atoms with Crippen LogP contribution in [0.4, 0.5) is 28.4 Å². The van der Waals surface area contributed by atoms with Crippen molar-refractivity contribution in [3.63, 3.8) is 0 Å². The van der Waals surface area contributed by atoms with Crippen LogP contribution in [0.15, 0.2) is 113 Å². The second-order valence-corrected chi connectivity index (χ2v) is 27.2. The molecule has 356 valence electrons. The van der Waals surface area contributed by atoms with E-state index in [1.165, 1.54) is 66.8 Å². The lowest BCUT2D eigenvalue weighted by Crippen LogP contribution is -2.57. The number of benzene rings is 5. The van der Waals surface area contributed by atoms with E-state index < -0.39 is 0 Å². The molecule has 1 N–H and O–H groups in total. The summed E-state index contributed by atoms with van der Waals surface area (Å²) in [6.45, 7) is 44.4. The van der Waals surface area contributed by atoms with Crippen molar-refractivity contribution < 1.29 is 5.11 Å². The van der Waals surface area contributed by atoms with Gasteiger partial charge in [0.2, 0.25) is 0 Å². The summed E-state index contributed by atoms with van der Waals surface area (Å²) in [6.07, 6.45) is 4.38. The molecule has 9 rings (SSSR count). The second-order valence-electron chi connectivity index (χ2n) is 27.2. The SMILES string of the molecule is CC1=C(C2=C(O)B3c4cc5c(cc4N(c4ccc(C(C)(C)C)cc4)c4cc(C)cc(c43)N2c2ccc(C(C)(C)C)cc2-c2ccc(C(C)(C)C)cc2)C(C)(C)CCC5(C)C)C(C)(C)CCC1(C)C. The summed E-state index contributed by atoms with van der Waals surface area (Å²) < 4.78 is 0. The minimum atomic E-state index is -0.373. The first kappa shape index (κ1) is 48.1. The minimum Gasteiger partial charge on any atom is -0.519 e.